The Morgan fingerprint density at radius 1 is 1.56 bits per heavy atom. The maximum absolute atomic E-state index is 13.1. The van der Waals surface area contributed by atoms with E-state index in [0.717, 1.165) is 6.07 Å². The van der Waals surface area contributed by atoms with Gasteiger partial charge in [-0.3, -0.25) is 14.9 Å². The molecule has 0 heterocycles. The Hall–Kier alpha value is -2.02. The number of nitro benzene ring substituents is 1. The van der Waals surface area contributed by atoms with E-state index in [2.05, 4.69) is 10.1 Å². The number of nitrogens with one attached hydrogen (secondary N) is 1. The molecule has 7 heteroatoms. The van der Waals surface area contributed by atoms with Crippen LogP contribution in [0, 0.1) is 15.9 Å². The first-order valence-electron chi connectivity index (χ1n) is 5.19. The molecule has 0 saturated heterocycles. The largest absolute Gasteiger partial charge is 0.468 e. The summed E-state index contributed by atoms with van der Waals surface area (Å²) >= 11 is 0. The third-order valence-electron chi connectivity index (χ3n) is 2.32. The monoisotopic (exact) mass is 256 g/mol. The summed E-state index contributed by atoms with van der Waals surface area (Å²) in [5.41, 5.74) is 0.0648. The number of hydrogen-bond acceptors (Lipinski definition) is 5. The third-order valence-corrected chi connectivity index (χ3v) is 2.32. The summed E-state index contributed by atoms with van der Waals surface area (Å²) in [6.45, 7) is 1.72. The van der Waals surface area contributed by atoms with Crippen LogP contribution in [0.1, 0.15) is 12.5 Å². The van der Waals surface area contributed by atoms with Gasteiger partial charge in [-0.25, -0.2) is 4.39 Å². The molecule has 0 aliphatic carbocycles. The second-order valence-corrected chi connectivity index (χ2v) is 3.70. The summed E-state index contributed by atoms with van der Waals surface area (Å²) in [6.07, 6.45) is 0. The molecule has 0 spiro atoms. The quantitative estimate of drug-likeness (QED) is 0.489. The molecule has 0 aliphatic rings. The number of rotatable bonds is 5. The Morgan fingerprint density at radius 2 is 2.22 bits per heavy atom. The van der Waals surface area contributed by atoms with Crippen molar-refractivity contribution in [1.29, 1.82) is 0 Å². The first kappa shape index (κ1) is 14.0. The molecule has 1 aromatic rings. The first-order valence-corrected chi connectivity index (χ1v) is 5.19. The Bertz CT molecular complexity index is 464. The molecule has 0 fully saturated rings. The molecule has 18 heavy (non-hydrogen) atoms. The number of non-ortho nitro benzene ring substituents is 1. The SMILES string of the molecule is COC(=O)C(C)NCc1cc(F)cc([N+](=O)[O-])c1. The van der Waals surface area contributed by atoms with Crippen molar-refractivity contribution in [2.75, 3.05) is 7.11 Å². The second kappa shape index (κ2) is 6.06. The predicted molar refractivity (Wildman–Crippen MR) is 61.4 cm³/mol. The van der Waals surface area contributed by atoms with E-state index in [1.165, 1.54) is 19.2 Å². The molecule has 1 unspecified atom stereocenters. The fourth-order valence-electron chi connectivity index (χ4n) is 1.37. The van der Waals surface area contributed by atoms with E-state index >= 15 is 0 Å². The van der Waals surface area contributed by atoms with Gasteiger partial charge in [-0.05, 0) is 18.6 Å². The molecule has 0 radical (unpaired) electrons. The van der Waals surface area contributed by atoms with E-state index in [1.54, 1.807) is 6.92 Å². The fourth-order valence-corrected chi connectivity index (χ4v) is 1.37. The van der Waals surface area contributed by atoms with Crippen LogP contribution in [-0.4, -0.2) is 24.0 Å². The van der Waals surface area contributed by atoms with E-state index in [-0.39, 0.29) is 12.2 Å². The van der Waals surface area contributed by atoms with Crippen molar-refractivity contribution >= 4 is 11.7 Å². The van der Waals surface area contributed by atoms with Gasteiger partial charge in [0, 0.05) is 12.6 Å². The normalized spacial score (nSPS) is 11.9. The van der Waals surface area contributed by atoms with E-state index in [1.807, 2.05) is 0 Å². The summed E-state index contributed by atoms with van der Waals surface area (Å²) in [7, 11) is 1.26. The van der Waals surface area contributed by atoms with Crippen LogP contribution < -0.4 is 5.32 Å². The molecule has 1 atom stereocenters. The van der Waals surface area contributed by atoms with Crippen LogP contribution in [0.25, 0.3) is 0 Å². The Morgan fingerprint density at radius 3 is 2.78 bits per heavy atom. The lowest BCUT2D eigenvalue weighted by atomic mass is 10.2. The van der Waals surface area contributed by atoms with Crippen LogP contribution in [0.4, 0.5) is 10.1 Å². The molecule has 1 aromatic carbocycles. The number of nitrogens with zero attached hydrogens (tertiary/aromatic N) is 1. The maximum Gasteiger partial charge on any atom is 0.322 e. The zero-order chi connectivity index (χ0) is 13.7. The van der Waals surface area contributed by atoms with Crippen molar-refractivity contribution in [1.82, 2.24) is 5.32 Å². The minimum atomic E-state index is -0.688. The molecule has 0 bridgehead atoms. The van der Waals surface area contributed by atoms with Gasteiger partial charge in [0.05, 0.1) is 18.1 Å². The summed E-state index contributed by atoms with van der Waals surface area (Å²) in [5.74, 6) is -1.15. The van der Waals surface area contributed by atoms with Crippen molar-refractivity contribution in [3.8, 4) is 0 Å². The number of esters is 1. The van der Waals surface area contributed by atoms with Gasteiger partial charge in [-0.15, -0.1) is 0 Å². The van der Waals surface area contributed by atoms with Crippen LogP contribution in [0.2, 0.25) is 0 Å². The number of hydrogen-bond donors (Lipinski definition) is 1. The van der Waals surface area contributed by atoms with Crippen LogP contribution in [0.5, 0.6) is 0 Å². The average molecular weight is 256 g/mol. The number of carbonyl (C=O) groups excluding carboxylic acids is 1. The smallest absolute Gasteiger partial charge is 0.322 e. The van der Waals surface area contributed by atoms with Crippen LogP contribution in [0.15, 0.2) is 18.2 Å². The van der Waals surface area contributed by atoms with Gasteiger partial charge >= 0.3 is 5.97 Å². The van der Waals surface area contributed by atoms with Crippen molar-refractivity contribution in [3.05, 3.63) is 39.7 Å². The van der Waals surface area contributed by atoms with Crippen molar-refractivity contribution < 1.29 is 18.8 Å². The Kier molecular flexibility index (Phi) is 4.73. The number of halogens is 1. The average Bonchev–Trinajstić information content (AvgIpc) is 2.34. The summed E-state index contributed by atoms with van der Waals surface area (Å²) in [5, 5.41) is 13.3. The van der Waals surface area contributed by atoms with Gasteiger partial charge in [-0.2, -0.15) is 0 Å². The molecule has 0 aliphatic heterocycles. The molecule has 1 N–H and O–H groups in total. The topological polar surface area (TPSA) is 81.5 Å². The zero-order valence-electron chi connectivity index (χ0n) is 9.97. The van der Waals surface area contributed by atoms with Gasteiger partial charge in [0.25, 0.3) is 5.69 Å². The molecular formula is C11H13FN2O4. The number of carbonyl (C=O) groups is 1. The number of nitro groups is 1. The van der Waals surface area contributed by atoms with Crippen molar-refractivity contribution in [3.63, 3.8) is 0 Å². The highest BCUT2D eigenvalue weighted by molar-refractivity contribution is 5.75. The third kappa shape index (κ3) is 3.77. The van der Waals surface area contributed by atoms with Gasteiger partial charge in [0.1, 0.15) is 11.9 Å². The van der Waals surface area contributed by atoms with E-state index in [9.17, 15) is 19.3 Å². The molecule has 6 nitrogen and oxygen atoms in total. The molecule has 98 valence electrons. The summed E-state index contributed by atoms with van der Waals surface area (Å²) < 4.78 is 17.6. The first-order chi connectivity index (χ1) is 8.43. The van der Waals surface area contributed by atoms with Gasteiger partial charge in [0.15, 0.2) is 0 Å². The highest BCUT2D eigenvalue weighted by Gasteiger charge is 2.14. The highest BCUT2D eigenvalue weighted by atomic mass is 19.1. The molecule has 1 rings (SSSR count). The standard InChI is InChI=1S/C11H13FN2O4/c1-7(11(15)18-2)13-6-8-3-9(12)5-10(4-8)14(16)17/h3-5,7,13H,6H2,1-2H3. The van der Waals surface area contributed by atoms with Crippen LogP contribution >= 0.6 is 0 Å². The number of methoxy groups -OCH3 is 1. The Balaban J connectivity index is 2.73. The minimum Gasteiger partial charge on any atom is -0.468 e. The highest BCUT2D eigenvalue weighted by Crippen LogP contribution is 2.16. The molecule has 0 saturated carbocycles. The molecule has 0 amide bonds. The van der Waals surface area contributed by atoms with E-state index in [4.69, 9.17) is 0 Å². The minimum absolute atomic E-state index is 0.134. The summed E-state index contributed by atoms with van der Waals surface area (Å²) in [4.78, 5) is 21.0. The van der Waals surface area contributed by atoms with Crippen LogP contribution in [0.3, 0.4) is 0 Å². The number of ether oxygens (including phenoxy) is 1. The van der Waals surface area contributed by atoms with Crippen molar-refractivity contribution in [2.24, 2.45) is 0 Å². The Labute approximate surface area is 103 Å². The fraction of sp³-hybridized carbons (Fsp3) is 0.364. The lowest BCUT2D eigenvalue weighted by Crippen LogP contribution is -2.34. The van der Waals surface area contributed by atoms with Crippen molar-refractivity contribution in [2.45, 2.75) is 19.5 Å². The van der Waals surface area contributed by atoms with Gasteiger partial charge < -0.3 is 10.1 Å². The maximum atomic E-state index is 13.1. The van der Waals surface area contributed by atoms with Crippen LogP contribution in [-0.2, 0) is 16.1 Å². The lowest BCUT2D eigenvalue weighted by Gasteiger charge is -2.11. The van der Waals surface area contributed by atoms with Gasteiger partial charge in [0.2, 0.25) is 0 Å². The predicted octanol–water partition coefficient (Wildman–Crippen LogP) is 1.38. The van der Waals surface area contributed by atoms with E-state index in [0.29, 0.717) is 5.56 Å². The molecule has 0 aromatic heterocycles. The second-order valence-electron chi connectivity index (χ2n) is 3.70. The lowest BCUT2D eigenvalue weighted by molar-refractivity contribution is -0.385. The number of benzene rings is 1. The zero-order valence-corrected chi connectivity index (χ0v) is 9.97. The molecular weight excluding hydrogens is 243 g/mol. The van der Waals surface area contributed by atoms with Gasteiger partial charge in [-0.1, -0.05) is 0 Å². The van der Waals surface area contributed by atoms with E-state index < -0.39 is 22.8 Å². The summed E-state index contributed by atoms with van der Waals surface area (Å²) in [6, 6.07) is 2.69.